The first-order valence-electron chi connectivity index (χ1n) is 5.74. The van der Waals surface area contributed by atoms with Gasteiger partial charge in [0.05, 0.1) is 6.26 Å². The number of nitrogens with zero attached hydrogens (tertiary/aromatic N) is 1. The standard InChI is InChI=1S/C10H19ClN2O3S/c1-17(15,16)12-6-5-9-4-2-3-7-13(9)10(14)8-11/h9,12H,2-8H2,1H3. The maximum atomic E-state index is 11.6. The number of halogens is 1. The summed E-state index contributed by atoms with van der Waals surface area (Å²) >= 11 is 5.55. The van der Waals surface area contributed by atoms with Gasteiger partial charge in [0.2, 0.25) is 15.9 Å². The van der Waals surface area contributed by atoms with E-state index in [1.54, 1.807) is 4.90 Å². The smallest absolute Gasteiger partial charge is 0.237 e. The molecule has 1 fully saturated rings. The highest BCUT2D eigenvalue weighted by atomic mass is 35.5. The number of hydrogen-bond acceptors (Lipinski definition) is 3. The Balaban J connectivity index is 2.46. The maximum absolute atomic E-state index is 11.6. The van der Waals surface area contributed by atoms with Crippen LogP contribution in [0.2, 0.25) is 0 Å². The molecule has 0 aromatic heterocycles. The van der Waals surface area contributed by atoms with E-state index in [9.17, 15) is 13.2 Å². The molecule has 0 spiro atoms. The number of amides is 1. The normalized spacial score (nSPS) is 21.5. The molecule has 1 heterocycles. The van der Waals surface area contributed by atoms with E-state index in [0.717, 1.165) is 32.1 Å². The molecule has 1 N–H and O–H groups in total. The predicted molar refractivity (Wildman–Crippen MR) is 67.5 cm³/mol. The van der Waals surface area contributed by atoms with Gasteiger partial charge < -0.3 is 4.90 Å². The molecule has 0 aliphatic carbocycles. The number of likely N-dealkylation sites (tertiary alicyclic amines) is 1. The van der Waals surface area contributed by atoms with Gasteiger partial charge in [-0.2, -0.15) is 0 Å². The van der Waals surface area contributed by atoms with Crippen LogP contribution >= 0.6 is 11.6 Å². The number of carbonyl (C=O) groups excluding carboxylic acids is 1. The second kappa shape index (κ2) is 6.56. The molecule has 100 valence electrons. The fourth-order valence-corrected chi connectivity index (χ4v) is 2.76. The van der Waals surface area contributed by atoms with Gasteiger partial charge >= 0.3 is 0 Å². The second-order valence-electron chi connectivity index (χ2n) is 4.33. The van der Waals surface area contributed by atoms with Gasteiger partial charge in [-0.3, -0.25) is 4.79 Å². The Morgan fingerprint density at radius 3 is 2.76 bits per heavy atom. The summed E-state index contributed by atoms with van der Waals surface area (Å²) in [5.41, 5.74) is 0. The Bertz CT molecular complexity index is 359. The lowest BCUT2D eigenvalue weighted by Crippen LogP contribution is -2.45. The van der Waals surface area contributed by atoms with Crippen LogP contribution in [0.4, 0.5) is 0 Å². The molecule has 1 rings (SSSR count). The molecule has 7 heteroatoms. The molecule has 1 aliphatic heterocycles. The minimum Gasteiger partial charge on any atom is -0.339 e. The van der Waals surface area contributed by atoms with Gasteiger partial charge in [0.1, 0.15) is 5.88 Å². The van der Waals surface area contributed by atoms with Crippen molar-refractivity contribution in [3.63, 3.8) is 0 Å². The van der Waals surface area contributed by atoms with E-state index in [0.29, 0.717) is 13.0 Å². The van der Waals surface area contributed by atoms with Gasteiger partial charge in [-0.1, -0.05) is 0 Å². The van der Waals surface area contributed by atoms with Gasteiger partial charge in [-0.05, 0) is 25.7 Å². The van der Waals surface area contributed by atoms with Crippen LogP contribution in [0, 0.1) is 0 Å². The van der Waals surface area contributed by atoms with Gasteiger partial charge in [-0.25, -0.2) is 13.1 Å². The van der Waals surface area contributed by atoms with Crippen molar-refractivity contribution >= 4 is 27.5 Å². The highest BCUT2D eigenvalue weighted by Gasteiger charge is 2.25. The average molecular weight is 283 g/mol. The Kier molecular flexibility index (Phi) is 5.69. The van der Waals surface area contributed by atoms with Crippen LogP contribution in [0.5, 0.6) is 0 Å². The molecule has 17 heavy (non-hydrogen) atoms. The minimum atomic E-state index is -3.15. The minimum absolute atomic E-state index is 0.00396. The van der Waals surface area contributed by atoms with Crippen LogP contribution in [0.15, 0.2) is 0 Å². The third kappa shape index (κ3) is 5.23. The Labute approximate surface area is 108 Å². The lowest BCUT2D eigenvalue weighted by molar-refractivity contribution is -0.132. The van der Waals surface area contributed by atoms with Gasteiger partial charge in [-0.15, -0.1) is 11.6 Å². The van der Waals surface area contributed by atoms with E-state index in [4.69, 9.17) is 11.6 Å². The molecule has 0 aromatic carbocycles. The summed E-state index contributed by atoms with van der Waals surface area (Å²) < 4.78 is 24.3. The number of piperidine rings is 1. The van der Waals surface area contributed by atoms with Crippen molar-refractivity contribution in [1.29, 1.82) is 0 Å². The average Bonchev–Trinajstić information content (AvgIpc) is 2.27. The lowest BCUT2D eigenvalue weighted by Gasteiger charge is -2.35. The number of sulfonamides is 1. The number of alkyl halides is 1. The summed E-state index contributed by atoms with van der Waals surface area (Å²) in [5.74, 6) is -0.0635. The van der Waals surface area contributed by atoms with Crippen LogP contribution in [-0.2, 0) is 14.8 Å². The topological polar surface area (TPSA) is 66.5 Å². The summed E-state index contributed by atoms with van der Waals surface area (Å²) in [6.45, 7) is 1.10. The first kappa shape index (κ1) is 14.7. The van der Waals surface area contributed by atoms with E-state index in [-0.39, 0.29) is 17.8 Å². The first-order valence-corrected chi connectivity index (χ1v) is 8.16. The van der Waals surface area contributed by atoms with Crippen molar-refractivity contribution in [3.8, 4) is 0 Å². The van der Waals surface area contributed by atoms with Crippen LogP contribution in [0.3, 0.4) is 0 Å². The summed E-state index contributed by atoms with van der Waals surface area (Å²) in [7, 11) is -3.15. The summed E-state index contributed by atoms with van der Waals surface area (Å²) in [6, 6.07) is 0.115. The van der Waals surface area contributed by atoms with Gasteiger partial charge in [0.15, 0.2) is 0 Å². The van der Waals surface area contributed by atoms with E-state index in [1.165, 1.54) is 0 Å². The molecule has 5 nitrogen and oxygen atoms in total. The van der Waals surface area contributed by atoms with Crippen molar-refractivity contribution in [2.75, 3.05) is 25.2 Å². The zero-order chi connectivity index (χ0) is 12.9. The predicted octanol–water partition coefficient (Wildman–Crippen LogP) is 0.546. The number of rotatable bonds is 5. The van der Waals surface area contributed by atoms with Crippen LogP contribution in [0.25, 0.3) is 0 Å². The summed E-state index contributed by atoms with van der Waals surface area (Å²) in [4.78, 5) is 13.4. The maximum Gasteiger partial charge on any atom is 0.237 e. The van der Waals surface area contributed by atoms with E-state index in [2.05, 4.69) is 4.72 Å². The van der Waals surface area contributed by atoms with Crippen molar-refractivity contribution in [2.24, 2.45) is 0 Å². The summed E-state index contributed by atoms with van der Waals surface area (Å²) in [6.07, 6.45) is 4.79. The summed E-state index contributed by atoms with van der Waals surface area (Å²) in [5, 5.41) is 0. The van der Waals surface area contributed by atoms with Gasteiger partial charge in [0.25, 0.3) is 0 Å². The molecule has 1 amide bonds. The fraction of sp³-hybridized carbons (Fsp3) is 0.900. The molecule has 1 saturated heterocycles. The van der Waals surface area contributed by atoms with Crippen LogP contribution in [-0.4, -0.2) is 50.5 Å². The Morgan fingerprint density at radius 2 is 2.18 bits per heavy atom. The highest BCUT2D eigenvalue weighted by molar-refractivity contribution is 7.88. The molecule has 0 saturated carbocycles. The molecule has 1 aliphatic rings. The molecular weight excluding hydrogens is 264 g/mol. The largest absolute Gasteiger partial charge is 0.339 e. The highest BCUT2D eigenvalue weighted by Crippen LogP contribution is 2.19. The van der Waals surface area contributed by atoms with Gasteiger partial charge in [0, 0.05) is 19.1 Å². The monoisotopic (exact) mass is 282 g/mol. The quantitative estimate of drug-likeness (QED) is 0.749. The Hall–Kier alpha value is -0.330. The second-order valence-corrected chi connectivity index (χ2v) is 6.43. The van der Waals surface area contributed by atoms with E-state index in [1.807, 2.05) is 0 Å². The molecule has 1 atom stereocenters. The SMILES string of the molecule is CS(=O)(=O)NCCC1CCCCN1C(=O)CCl. The van der Waals surface area contributed by atoms with Crippen molar-refractivity contribution in [3.05, 3.63) is 0 Å². The molecule has 0 radical (unpaired) electrons. The molecule has 1 unspecified atom stereocenters. The molecular formula is C10H19ClN2O3S. The zero-order valence-electron chi connectivity index (χ0n) is 9.99. The van der Waals surface area contributed by atoms with Crippen molar-refractivity contribution < 1.29 is 13.2 Å². The first-order chi connectivity index (χ1) is 7.94. The fourth-order valence-electron chi connectivity index (χ4n) is 2.12. The molecule has 0 bridgehead atoms. The third-order valence-electron chi connectivity index (χ3n) is 2.90. The third-order valence-corrected chi connectivity index (χ3v) is 3.86. The van der Waals surface area contributed by atoms with Crippen LogP contribution in [0.1, 0.15) is 25.7 Å². The van der Waals surface area contributed by atoms with E-state index < -0.39 is 10.0 Å². The van der Waals surface area contributed by atoms with Crippen LogP contribution < -0.4 is 4.72 Å². The van der Waals surface area contributed by atoms with Crippen molar-refractivity contribution in [2.45, 2.75) is 31.7 Å². The number of hydrogen-bond donors (Lipinski definition) is 1. The van der Waals surface area contributed by atoms with Crippen molar-refractivity contribution in [1.82, 2.24) is 9.62 Å². The number of nitrogens with one attached hydrogen (secondary N) is 1. The lowest BCUT2D eigenvalue weighted by atomic mass is 9.99. The Morgan fingerprint density at radius 1 is 1.47 bits per heavy atom. The molecule has 0 aromatic rings. The van der Waals surface area contributed by atoms with E-state index >= 15 is 0 Å². The number of carbonyl (C=O) groups is 1. The zero-order valence-corrected chi connectivity index (χ0v) is 11.6.